The molecule has 1 aromatic rings. The Morgan fingerprint density at radius 1 is 1.60 bits per heavy atom. The van der Waals surface area contributed by atoms with Crippen molar-refractivity contribution in [1.29, 1.82) is 0 Å². The van der Waals surface area contributed by atoms with Gasteiger partial charge in [-0.1, -0.05) is 0 Å². The second kappa shape index (κ2) is 6.27. The molecule has 1 aromatic heterocycles. The van der Waals surface area contributed by atoms with Crippen LogP contribution in [0.15, 0.2) is 17.1 Å². The van der Waals surface area contributed by atoms with E-state index in [0.29, 0.717) is 6.54 Å². The summed E-state index contributed by atoms with van der Waals surface area (Å²) in [5.74, 6) is 0.0290. The number of hydrogen-bond acceptors (Lipinski definition) is 7. The molecule has 1 saturated heterocycles. The first-order valence-electron chi connectivity index (χ1n) is 6.18. The summed E-state index contributed by atoms with van der Waals surface area (Å²) in [6.45, 7) is 0.389. The summed E-state index contributed by atoms with van der Waals surface area (Å²) in [4.78, 5) is 15.1. The van der Waals surface area contributed by atoms with Crippen LogP contribution in [0.3, 0.4) is 0 Å². The maximum absolute atomic E-state index is 14.0. The Balaban J connectivity index is 2.11. The summed E-state index contributed by atoms with van der Waals surface area (Å²) >= 11 is 0. The van der Waals surface area contributed by atoms with Gasteiger partial charge in [-0.2, -0.15) is 4.98 Å². The van der Waals surface area contributed by atoms with Crippen LogP contribution in [0.4, 0.5) is 10.2 Å². The first-order valence-corrected chi connectivity index (χ1v) is 6.18. The Kier molecular flexibility index (Phi) is 4.65. The molecule has 0 unspecified atom stereocenters. The van der Waals surface area contributed by atoms with Gasteiger partial charge in [0.2, 0.25) is 0 Å². The first kappa shape index (κ1) is 14.9. The summed E-state index contributed by atoms with van der Waals surface area (Å²) < 4.78 is 20.3. The fourth-order valence-corrected chi connectivity index (χ4v) is 2.04. The average molecular weight is 288 g/mol. The van der Waals surface area contributed by atoms with Crippen LogP contribution in [0.5, 0.6) is 0 Å². The Bertz CT molecular complexity index is 511. The number of aliphatic hydroxyl groups excluding tert-OH is 2. The molecule has 0 bridgehead atoms. The van der Waals surface area contributed by atoms with E-state index in [4.69, 9.17) is 15.6 Å². The molecular formula is C11H17FN4O4. The molecule has 2 heterocycles. The molecule has 0 aliphatic carbocycles. The molecule has 0 saturated carbocycles. The van der Waals surface area contributed by atoms with Crippen LogP contribution in [0.25, 0.3) is 0 Å². The fraction of sp³-hybridized carbons (Fsp3) is 0.636. The topological polar surface area (TPSA) is 123 Å². The van der Waals surface area contributed by atoms with Gasteiger partial charge in [-0.3, -0.25) is 4.57 Å². The predicted molar refractivity (Wildman–Crippen MR) is 67.7 cm³/mol. The molecule has 0 aromatic carbocycles. The Hall–Kier alpha value is -1.55. The molecule has 0 radical (unpaired) electrons. The minimum atomic E-state index is -1.75. The van der Waals surface area contributed by atoms with E-state index in [2.05, 4.69) is 10.3 Å². The van der Waals surface area contributed by atoms with E-state index in [9.17, 15) is 14.3 Å². The third-order valence-corrected chi connectivity index (χ3v) is 3.05. The van der Waals surface area contributed by atoms with Crippen molar-refractivity contribution in [2.45, 2.75) is 24.6 Å². The number of anilines is 1. The van der Waals surface area contributed by atoms with Crippen LogP contribution in [0, 0.1) is 0 Å². The highest BCUT2D eigenvalue weighted by molar-refractivity contribution is 5.23. The zero-order valence-corrected chi connectivity index (χ0v) is 10.6. The number of rotatable bonds is 5. The molecule has 9 heteroatoms. The summed E-state index contributed by atoms with van der Waals surface area (Å²) in [7, 11) is 0. The Labute approximate surface area is 114 Å². The van der Waals surface area contributed by atoms with Crippen LogP contribution < -0.4 is 16.7 Å². The number of aliphatic hydroxyl groups is 2. The van der Waals surface area contributed by atoms with Crippen molar-refractivity contribution in [2.24, 2.45) is 0 Å². The van der Waals surface area contributed by atoms with Crippen LogP contribution >= 0.6 is 0 Å². The number of nitrogens with two attached hydrogens (primary N) is 1. The van der Waals surface area contributed by atoms with Crippen molar-refractivity contribution in [3.63, 3.8) is 0 Å². The lowest BCUT2D eigenvalue weighted by atomic mass is 10.1. The number of alkyl halides is 1. The number of nitrogen functional groups attached to an aromatic ring is 1. The van der Waals surface area contributed by atoms with Crippen molar-refractivity contribution in [2.75, 3.05) is 25.4 Å². The summed E-state index contributed by atoms with van der Waals surface area (Å²) in [5, 5.41) is 21.2. The van der Waals surface area contributed by atoms with E-state index in [0.717, 1.165) is 4.57 Å². The number of aromatic nitrogens is 2. The highest BCUT2D eigenvalue weighted by atomic mass is 19.1. The molecule has 1 fully saturated rings. The van der Waals surface area contributed by atoms with E-state index in [1.807, 2.05) is 0 Å². The van der Waals surface area contributed by atoms with Crippen LogP contribution in [0.2, 0.25) is 0 Å². The summed E-state index contributed by atoms with van der Waals surface area (Å²) in [6, 6.07) is 1.35. The highest BCUT2D eigenvalue weighted by Crippen LogP contribution is 2.30. The van der Waals surface area contributed by atoms with Gasteiger partial charge < -0.3 is 26.0 Å². The lowest BCUT2D eigenvalue weighted by Gasteiger charge is -2.16. The number of halogens is 1. The van der Waals surface area contributed by atoms with Crippen molar-refractivity contribution >= 4 is 5.82 Å². The van der Waals surface area contributed by atoms with Crippen LogP contribution in [-0.4, -0.2) is 57.8 Å². The lowest BCUT2D eigenvalue weighted by molar-refractivity contribution is -0.0259. The van der Waals surface area contributed by atoms with E-state index < -0.39 is 30.3 Å². The first-order chi connectivity index (χ1) is 9.54. The molecule has 5 N–H and O–H groups in total. The van der Waals surface area contributed by atoms with E-state index >= 15 is 0 Å². The van der Waals surface area contributed by atoms with Gasteiger partial charge in [0.05, 0.1) is 6.61 Å². The molecule has 0 amide bonds. The zero-order valence-electron chi connectivity index (χ0n) is 10.6. The number of nitrogens with one attached hydrogen (secondary N) is 1. The van der Waals surface area contributed by atoms with Crippen molar-refractivity contribution < 1.29 is 19.3 Å². The van der Waals surface area contributed by atoms with Gasteiger partial charge in [-0.05, 0) is 6.07 Å². The third kappa shape index (κ3) is 2.96. The fourth-order valence-electron chi connectivity index (χ4n) is 2.04. The quantitative estimate of drug-likeness (QED) is 0.462. The maximum Gasteiger partial charge on any atom is 0.351 e. The summed E-state index contributed by atoms with van der Waals surface area (Å²) in [5.41, 5.74) is 4.61. The number of hydrogen-bond donors (Lipinski definition) is 4. The normalized spacial score (nSPS) is 29.8. The van der Waals surface area contributed by atoms with Gasteiger partial charge in [0, 0.05) is 19.3 Å². The minimum absolute atomic E-state index is 0.0290. The molecule has 4 atom stereocenters. The largest absolute Gasteiger partial charge is 0.395 e. The summed E-state index contributed by atoms with van der Waals surface area (Å²) in [6.07, 6.45) is -3.90. The molecule has 20 heavy (non-hydrogen) atoms. The average Bonchev–Trinajstić information content (AvgIpc) is 2.68. The second-order valence-corrected chi connectivity index (χ2v) is 4.47. The van der Waals surface area contributed by atoms with Crippen molar-refractivity contribution in [3.8, 4) is 0 Å². The molecule has 2 rings (SSSR count). The third-order valence-electron chi connectivity index (χ3n) is 3.05. The predicted octanol–water partition coefficient (Wildman–Crippen LogP) is -2.00. The SMILES string of the molecule is Nc1ccn([C@@H]2O[C@H](CNCCO)[C@@H](O)[C@@H]2F)c(=O)n1. The molecule has 0 spiro atoms. The van der Waals surface area contributed by atoms with Crippen molar-refractivity contribution in [1.82, 2.24) is 14.9 Å². The molecular weight excluding hydrogens is 271 g/mol. The van der Waals surface area contributed by atoms with Crippen molar-refractivity contribution in [3.05, 3.63) is 22.7 Å². The molecule has 1 aliphatic rings. The number of ether oxygens (including phenoxy) is 1. The number of nitrogens with zero attached hydrogens (tertiary/aromatic N) is 2. The Morgan fingerprint density at radius 2 is 2.35 bits per heavy atom. The highest BCUT2D eigenvalue weighted by Gasteiger charge is 2.45. The van der Waals surface area contributed by atoms with Gasteiger partial charge in [0.25, 0.3) is 0 Å². The van der Waals surface area contributed by atoms with E-state index in [1.165, 1.54) is 12.3 Å². The van der Waals surface area contributed by atoms with Crippen LogP contribution in [0.1, 0.15) is 6.23 Å². The smallest absolute Gasteiger partial charge is 0.351 e. The Morgan fingerprint density at radius 3 is 3.00 bits per heavy atom. The van der Waals surface area contributed by atoms with Gasteiger partial charge in [-0.15, -0.1) is 0 Å². The monoisotopic (exact) mass is 288 g/mol. The molecule has 8 nitrogen and oxygen atoms in total. The van der Waals surface area contributed by atoms with Gasteiger partial charge >= 0.3 is 5.69 Å². The molecule has 1 aliphatic heterocycles. The zero-order chi connectivity index (χ0) is 14.7. The van der Waals surface area contributed by atoms with Gasteiger partial charge in [-0.25, -0.2) is 9.18 Å². The molecule has 112 valence electrons. The second-order valence-electron chi connectivity index (χ2n) is 4.47. The standard InChI is InChI=1S/C11H17FN4O4/c12-8-9(18)6(5-14-2-4-17)20-10(8)16-3-1-7(13)15-11(16)19/h1,3,6,8-10,14,17-18H,2,4-5H2,(H2,13,15,19)/t6-,8+,9-,10-/m1/s1. The minimum Gasteiger partial charge on any atom is -0.395 e. The van der Waals surface area contributed by atoms with Gasteiger partial charge in [0.1, 0.15) is 18.0 Å². The van der Waals surface area contributed by atoms with Crippen LogP contribution in [-0.2, 0) is 4.74 Å². The van der Waals surface area contributed by atoms with Gasteiger partial charge in [0.15, 0.2) is 12.4 Å². The lowest BCUT2D eigenvalue weighted by Crippen LogP contribution is -2.37. The van der Waals surface area contributed by atoms with E-state index in [-0.39, 0.29) is 19.0 Å². The van der Waals surface area contributed by atoms with E-state index in [1.54, 1.807) is 0 Å². The maximum atomic E-state index is 14.0.